The van der Waals surface area contributed by atoms with E-state index < -0.39 is 0 Å². The van der Waals surface area contributed by atoms with E-state index in [2.05, 4.69) is 4.98 Å². The summed E-state index contributed by atoms with van der Waals surface area (Å²) in [5.74, 6) is 0.831. The first-order valence-corrected chi connectivity index (χ1v) is 10.5. The zero-order valence-electron chi connectivity index (χ0n) is 17.7. The molecule has 0 radical (unpaired) electrons. The molecule has 0 amide bonds. The number of hydrogen-bond acceptors (Lipinski definition) is 6. The number of carbonyl (C=O) groups is 2. The minimum Gasteiger partial charge on any atom is -0.491 e. The van der Waals surface area contributed by atoms with Gasteiger partial charge in [-0.25, -0.2) is 0 Å². The van der Waals surface area contributed by atoms with E-state index in [4.69, 9.17) is 14.2 Å². The molecular weight excluding hydrogens is 406 g/mol. The van der Waals surface area contributed by atoms with Crippen LogP contribution < -0.4 is 14.2 Å². The molecule has 0 unspecified atom stereocenters. The second kappa shape index (κ2) is 7.96. The van der Waals surface area contributed by atoms with Gasteiger partial charge in [0.15, 0.2) is 5.76 Å². The van der Waals surface area contributed by atoms with E-state index in [9.17, 15) is 9.59 Å². The molecule has 0 fully saturated rings. The topological polar surface area (TPSA) is 74.7 Å². The molecule has 3 heterocycles. The molecule has 6 heteroatoms. The highest BCUT2D eigenvalue weighted by Crippen LogP contribution is 2.50. The third-order valence-electron chi connectivity index (χ3n) is 5.42. The minimum atomic E-state index is -0.360. The standard InChI is InChI=1S/C26H21NO5/c1-15(2)30-20-8-4-3-7-17(20)19-13-23(28)31-21-10-9-18-25(29)22(32-26(18)24(19)21)12-16-6-5-11-27-14-16/h3-12,14-15,19H,13H2,1-2H3/b22-12-/t19-/m0/s1. The molecule has 0 saturated heterocycles. The Labute approximate surface area is 185 Å². The largest absolute Gasteiger partial charge is 0.491 e. The molecule has 2 aliphatic rings. The van der Waals surface area contributed by atoms with E-state index >= 15 is 0 Å². The molecule has 0 bridgehead atoms. The summed E-state index contributed by atoms with van der Waals surface area (Å²) < 4.78 is 17.6. The van der Waals surface area contributed by atoms with Gasteiger partial charge in [-0.3, -0.25) is 14.6 Å². The van der Waals surface area contributed by atoms with Crippen molar-refractivity contribution in [3.8, 4) is 17.2 Å². The van der Waals surface area contributed by atoms with Crippen molar-refractivity contribution in [1.82, 2.24) is 4.98 Å². The first-order chi connectivity index (χ1) is 15.5. The van der Waals surface area contributed by atoms with Gasteiger partial charge in [0.1, 0.15) is 17.2 Å². The van der Waals surface area contributed by atoms with Crippen LogP contribution in [0.25, 0.3) is 6.08 Å². The third kappa shape index (κ3) is 3.54. The highest BCUT2D eigenvalue weighted by molar-refractivity contribution is 6.15. The van der Waals surface area contributed by atoms with Crippen molar-refractivity contribution in [3.05, 3.63) is 88.9 Å². The number of pyridine rings is 1. The Morgan fingerprint density at radius 1 is 1.06 bits per heavy atom. The first kappa shape index (κ1) is 20.0. The first-order valence-electron chi connectivity index (χ1n) is 10.5. The van der Waals surface area contributed by atoms with E-state index in [0.29, 0.717) is 28.4 Å². The summed E-state index contributed by atoms with van der Waals surface area (Å²) in [7, 11) is 0. The lowest BCUT2D eigenvalue weighted by Gasteiger charge is -2.28. The lowest BCUT2D eigenvalue weighted by molar-refractivity contribution is -0.135. The lowest BCUT2D eigenvalue weighted by atomic mass is 9.84. The summed E-state index contributed by atoms with van der Waals surface area (Å²) >= 11 is 0. The molecule has 0 aliphatic carbocycles. The average Bonchev–Trinajstić information content (AvgIpc) is 3.09. The van der Waals surface area contributed by atoms with Crippen molar-refractivity contribution >= 4 is 17.8 Å². The molecule has 3 aromatic rings. The van der Waals surface area contributed by atoms with E-state index in [1.54, 1.807) is 36.7 Å². The maximum atomic E-state index is 13.1. The Kier molecular flexibility index (Phi) is 4.98. The number of esters is 1. The molecule has 160 valence electrons. The predicted octanol–water partition coefficient (Wildman–Crippen LogP) is 4.93. The summed E-state index contributed by atoms with van der Waals surface area (Å²) in [6.07, 6.45) is 5.09. The van der Waals surface area contributed by atoms with Gasteiger partial charge in [-0.1, -0.05) is 24.3 Å². The van der Waals surface area contributed by atoms with Gasteiger partial charge in [0, 0.05) is 29.4 Å². The quantitative estimate of drug-likeness (QED) is 0.334. The molecule has 2 aliphatic heterocycles. The summed E-state index contributed by atoms with van der Waals surface area (Å²) in [5, 5.41) is 0. The number of ether oxygens (including phenoxy) is 3. The van der Waals surface area contributed by atoms with E-state index in [1.807, 2.05) is 44.2 Å². The van der Waals surface area contributed by atoms with Crippen molar-refractivity contribution in [2.45, 2.75) is 32.3 Å². The van der Waals surface area contributed by atoms with Gasteiger partial charge >= 0.3 is 5.97 Å². The number of carbonyl (C=O) groups excluding carboxylic acids is 2. The third-order valence-corrected chi connectivity index (χ3v) is 5.42. The van der Waals surface area contributed by atoms with Crippen LogP contribution in [0.2, 0.25) is 0 Å². The van der Waals surface area contributed by atoms with Crippen molar-refractivity contribution < 1.29 is 23.8 Å². The maximum Gasteiger partial charge on any atom is 0.312 e. The molecule has 32 heavy (non-hydrogen) atoms. The SMILES string of the molecule is CC(C)Oc1ccccc1[C@@H]1CC(=O)Oc2ccc3c(c21)O/C(=C\c1cccnc1)C3=O. The van der Waals surface area contributed by atoms with E-state index in [1.165, 1.54) is 0 Å². The van der Waals surface area contributed by atoms with Gasteiger partial charge in [0.25, 0.3) is 0 Å². The Bertz CT molecular complexity index is 1250. The Hall–Kier alpha value is -3.93. The van der Waals surface area contributed by atoms with Crippen molar-refractivity contribution in [2.75, 3.05) is 0 Å². The zero-order valence-corrected chi connectivity index (χ0v) is 17.7. The maximum absolute atomic E-state index is 13.1. The lowest BCUT2D eigenvalue weighted by Crippen LogP contribution is -2.22. The van der Waals surface area contributed by atoms with Gasteiger partial charge in [-0.05, 0) is 49.8 Å². The molecule has 2 aromatic carbocycles. The zero-order chi connectivity index (χ0) is 22.2. The number of hydrogen-bond donors (Lipinski definition) is 0. The molecule has 1 atom stereocenters. The predicted molar refractivity (Wildman–Crippen MR) is 118 cm³/mol. The molecule has 0 N–H and O–H groups in total. The van der Waals surface area contributed by atoms with Gasteiger partial charge in [0.2, 0.25) is 5.78 Å². The van der Waals surface area contributed by atoms with Gasteiger partial charge < -0.3 is 14.2 Å². The normalized spacial score (nSPS) is 18.2. The Morgan fingerprint density at radius 3 is 2.69 bits per heavy atom. The minimum absolute atomic E-state index is 0.0282. The number of ketones is 1. The van der Waals surface area contributed by atoms with Crippen LogP contribution in [0.1, 0.15) is 53.2 Å². The van der Waals surface area contributed by atoms with Gasteiger partial charge in [-0.15, -0.1) is 0 Å². The summed E-state index contributed by atoms with van der Waals surface area (Å²) in [6, 6.07) is 14.6. The summed E-state index contributed by atoms with van der Waals surface area (Å²) in [6.45, 7) is 3.91. The van der Waals surface area contributed by atoms with Crippen LogP contribution in [0.15, 0.2) is 66.7 Å². The Morgan fingerprint density at radius 2 is 1.91 bits per heavy atom. The van der Waals surface area contributed by atoms with Crippen molar-refractivity contribution in [3.63, 3.8) is 0 Å². The fourth-order valence-electron chi connectivity index (χ4n) is 4.11. The van der Waals surface area contributed by atoms with Gasteiger partial charge in [-0.2, -0.15) is 0 Å². The number of fused-ring (bicyclic) bond motifs is 3. The van der Waals surface area contributed by atoms with Crippen LogP contribution in [0.5, 0.6) is 17.2 Å². The molecule has 0 spiro atoms. The van der Waals surface area contributed by atoms with Crippen LogP contribution in [0, 0.1) is 0 Å². The molecule has 0 saturated carbocycles. The fraction of sp³-hybridized carbons (Fsp3) is 0.192. The van der Waals surface area contributed by atoms with Crippen LogP contribution in [-0.4, -0.2) is 22.8 Å². The highest BCUT2D eigenvalue weighted by Gasteiger charge is 2.39. The smallest absolute Gasteiger partial charge is 0.312 e. The number of allylic oxidation sites excluding steroid dienone is 1. The summed E-state index contributed by atoms with van der Waals surface area (Å²) in [5.41, 5.74) is 2.75. The van der Waals surface area contributed by atoms with E-state index in [0.717, 1.165) is 11.1 Å². The van der Waals surface area contributed by atoms with Crippen molar-refractivity contribution in [1.29, 1.82) is 0 Å². The van der Waals surface area contributed by atoms with Crippen LogP contribution in [0.3, 0.4) is 0 Å². The number of aromatic nitrogens is 1. The molecular formula is C26H21NO5. The number of nitrogens with zero attached hydrogens (tertiary/aromatic N) is 1. The molecule has 1 aromatic heterocycles. The number of benzene rings is 2. The second-order valence-corrected chi connectivity index (χ2v) is 8.02. The monoisotopic (exact) mass is 427 g/mol. The highest BCUT2D eigenvalue weighted by atomic mass is 16.5. The van der Waals surface area contributed by atoms with E-state index in [-0.39, 0.29) is 36.0 Å². The van der Waals surface area contributed by atoms with Crippen LogP contribution in [-0.2, 0) is 4.79 Å². The van der Waals surface area contributed by atoms with Crippen molar-refractivity contribution in [2.24, 2.45) is 0 Å². The number of para-hydroxylation sites is 1. The van der Waals surface area contributed by atoms with Crippen LogP contribution >= 0.6 is 0 Å². The van der Waals surface area contributed by atoms with Gasteiger partial charge in [0.05, 0.1) is 18.1 Å². The average molecular weight is 427 g/mol. The number of Topliss-reactive ketones (excluding diaryl/α,β-unsaturated/α-hetero) is 1. The van der Waals surface area contributed by atoms with Crippen LogP contribution in [0.4, 0.5) is 0 Å². The fourth-order valence-corrected chi connectivity index (χ4v) is 4.11. The molecule has 5 rings (SSSR count). The second-order valence-electron chi connectivity index (χ2n) is 8.02. The summed E-state index contributed by atoms with van der Waals surface area (Å²) in [4.78, 5) is 29.6. The molecule has 6 nitrogen and oxygen atoms in total. The Balaban J connectivity index is 1.63. The number of rotatable bonds is 4.